The van der Waals surface area contributed by atoms with Gasteiger partial charge in [0.25, 0.3) is 0 Å². The molecule has 0 aromatic rings. The van der Waals surface area contributed by atoms with E-state index in [1.54, 1.807) is 0 Å². The van der Waals surface area contributed by atoms with Crippen LogP contribution in [0.15, 0.2) is 0 Å². The number of amides is 1. The number of hydrogen-bond acceptors (Lipinski definition) is 2. The Labute approximate surface area is 125 Å². The van der Waals surface area contributed by atoms with Gasteiger partial charge in [-0.05, 0) is 50.0 Å². The lowest BCUT2D eigenvalue weighted by Gasteiger charge is -2.26. The Morgan fingerprint density at radius 2 is 2.15 bits per heavy atom. The maximum absolute atomic E-state index is 11.8. The second kappa shape index (κ2) is 10.2. The number of hydrogen-bond donors (Lipinski definition) is 2. The van der Waals surface area contributed by atoms with Gasteiger partial charge in [-0.2, -0.15) is 0 Å². The second-order valence-corrected chi connectivity index (χ2v) is 6.67. The topological polar surface area (TPSA) is 55.1 Å². The Morgan fingerprint density at radius 1 is 1.35 bits per heavy atom. The van der Waals surface area contributed by atoms with Gasteiger partial charge in [0, 0.05) is 13.0 Å². The van der Waals surface area contributed by atoms with E-state index in [4.69, 9.17) is 5.73 Å². The van der Waals surface area contributed by atoms with Crippen LogP contribution >= 0.6 is 0 Å². The predicted octanol–water partition coefficient (Wildman–Crippen LogP) is 3.47. The van der Waals surface area contributed by atoms with Crippen LogP contribution in [0.3, 0.4) is 0 Å². The fourth-order valence-electron chi connectivity index (χ4n) is 3.45. The molecular formula is C17H34N2O. The highest BCUT2D eigenvalue weighted by Crippen LogP contribution is 2.30. The fraction of sp³-hybridized carbons (Fsp3) is 0.941. The molecule has 1 aliphatic carbocycles. The molecule has 118 valence electrons. The van der Waals surface area contributed by atoms with Crippen LogP contribution in [0, 0.1) is 17.8 Å². The van der Waals surface area contributed by atoms with E-state index in [0.29, 0.717) is 12.3 Å². The second-order valence-electron chi connectivity index (χ2n) is 6.67. The monoisotopic (exact) mass is 282 g/mol. The third-order valence-corrected chi connectivity index (χ3v) is 4.85. The molecule has 0 heterocycles. The van der Waals surface area contributed by atoms with Crippen molar-refractivity contribution in [2.45, 2.75) is 71.6 Å². The lowest BCUT2D eigenvalue weighted by Crippen LogP contribution is -2.27. The molecule has 0 radical (unpaired) electrons. The Bertz CT molecular complexity index is 268. The van der Waals surface area contributed by atoms with Crippen molar-refractivity contribution in [2.75, 3.05) is 13.1 Å². The van der Waals surface area contributed by atoms with Gasteiger partial charge in [0.15, 0.2) is 0 Å². The van der Waals surface area contributed by atoms with Gasteiger partial charge < -0.3 is 11.1 Å². The van der Waals surface area contributed by atoms with Crippen molar-refractivity contribution in [3.63, 3.8) is 0 Å². The molecule has 0 saturated heterocycles. The summed E-state index contributed by atoms with van der Waals surface area (Å²) in [7, 11) is 0. The summed E-state index contributed by atoms with van der Waals surface area (Å²) in [6.07, 6.45) is 10.5. The molecule has 0 bridgehead atoms. The van der Waals surface area contributed by atoms with E-state index in [2.05, 4.69) is 19.2 Å². The Morgan fingerprint density at radius 3 is 2.80 bits per heavy atom. The van der Waals surface area contributed by atoms with Gasteiger partial charge in [0.1, 0.15) is 0 Å². The zero-order valence-corrected chi connectivity index (χ0v) is 13.5. The summed E-state index contributed by atoms with van der Waals surface area (Å²) in [6.45, 7) is 6.14. The summed E-state index contributed by atoms with van der Waals surface area (Å²) in [5.74, 6) is 2.56. The highest BCUT2D eigenvalue weighted by atomic mass is 16.1. The summed E-state index contributed by atoms with van der Waals surface area (Å²) in [5.41, 5.74) is 5.58. The SMILES string of the molecule is CCC(CCN)CCC(=O)NCCC1CCCC(C)C1. The molecule has 1 saturated carbocycles. The Hall–Kier alpha value is -0.570. The highest BCUT2D eigenvalue weighted by Gasteiger charge is 2.18. The molecule has 0 aliphatic heterocycles. The van der Waals surface area contributed by atoms with E-state index in [-0.39, 0.29) is 5.91 Å². The average Bonchev–Trinajstić information content (AvgIpc) is 2.43. The largest absolute Gasteiger partial charge is 0.356 e. The summed E-state index contributed by atoms with van der Waals surface area (Å²) < 4.78 is 0. The summed E-state index contributed by atoms with van der Waals surface area (Å²) in [5, 5.41) is 3.10. The molecule has 3 N–H and O–H groups in total. The van der Waals surface area contributed by atoms with Gasteiger partial charge in [-0.3, -0.25) is 4.79 Å². The van der Waals surface area contributed by atoms with Crippen molar-refractivity contribution in [3.8, 4) is 0 Å². The fourth-order valence-corrected chi connectivity index (χ4v) is 3.45. The first kappa shape index (κ1) is 17.5. The van der Waals surface area contributed by atoms with Crippen LogP contribution in [-0.2, 0) is 4.79 Å². The Kier molecular flexibility index (Phi) is 8.92. The molecule has 0 spiro atoms. The van der Waals surface area contributed by atoms with E-state index < -0.39 is 0 Å². The van der Waals surface area contributed by atoms with E-state index in [0.717, 1.165) is 50.6 Å². The molecular weight excluding hydrogens is 248 g/mol. The first-order chi connectivity index (χ1) is 9.65. The van der Waals surface area contributed by atoms with Crippen LogP contribution < -0.4 is 11.1 Å². The molecule has 0 aromatic carbocycles. The lowest BCUT2D eigenvalue weighted by atomic mass is 9.81. The zero-order valence-electron chi connectivity index (χ0n) is 13.5. The van der Waals surface area contributed by atoms with E-state index in [9.17, 15) is 4.79 Å². The normalized spacial score (nSPS) is 24.4. The van der Waals surface area contributed by atoms with Gasteiger partial charge in [-0.15, -0.1) is 0 Å². The third-order valence-electron chi connectivity index (χ3n) is 4.85. The van der Waals surface area contributed by atoms with Gasteiger partial charge in [-0.25, -0.2) is 0 Å². The van der Waals surface area contributed by atoms with Crippen molar-refractivity contribution >= 4 is 5.91 Å². The van der Waals surface area contributed by atoms with Crippen molar-refractivity contribution in [2.24, 2.45) is 23.5 Å². The minimum Gasteiger partial charge on any atom is -0.356 e. The van der Waals surface area contributed by atoms with E-state index >= 15 is 0 Å². The number of carbonyl (C=O) groups excluding carboxylic acids is 1. The molecule has 0 aromatic heterocycles. The summed E-state index contributed by atoms with van der Waals surface area (Å²) in [4.78, 5) is 11.8. The van der Waals surface area contributed by atoms with Crippen molar-refractivity contribution in [3.05, 3.63) is 0 Å². The standard InChI is InChI=1S/C17H34N2O/c1-3-15(9-11-18)7-8-17(20)19-12-10-16-6-4-5-14(2)13-16/h14-16H,3-13,18H2,1-2H3,(H,19,20). The molecule has 20 heavy (non-hydrogen) atoms. The van der Waals surface area contributed by atoms with Crippen LogP contribution in [0.25, 0.3) is 0 Å². The van der Waals surface area contributed by atoms with Gasteiger partial charge in [0.05, 0.1) is 0 Å². The molecule has 1 amide bonds. The van der Waals surface area contributed by atoms with Crippen molar-refractivity contribution in [1.82, 2.24) is 5.32 Å². The van der Waals surface area contributed by atoms with Crippen molar-refractivity contribution in [1.29, 1.82) is 0 Å². The smallest absolute Gasteiger partial charge is 0.220 e. The summed E-state index contributed by atoms with van der Waals surface area (Å²) >= 11 is 0. The number of nitrogens with two attached hydrogens (primary N) is 1. The minimum atomic E-state index is 0.226. The van der Waals surface area contributed by atoms with Gasteiger partial charge >= 0.3 is 0 Å². The van der Waals surface area contributed by atoms with Crippen molar-refractivity contribution < 1.29 is 4.79 Å². The van der Waals surface area contributed by atoms with Crippen LogP contribution in [0.1, 0.15) is 71.6 Å². The van der Waals surface area contributed by atoms with Crippen LogP contribution in [0.2, 0.25) is 0 Å². The number of nitrogens with one attached hydrogen (secondary N) is 1. The first-order valence-electron chi connectivity index (χ1n) is 8.62. The van der Waals surface area contributed by atoms with Gasteiger partial charge in [0.2, 0.25) is 5.91 Å². The minimum absolute atomic E-state index is 0.226. The zero-order chi connectivity index (χ0) is 14.8. The maximum Gasteiger partial charge on any atom is 0.220 e. The van der Waals surface area contributed by atoms with E-state index in [1.165, 1.54) is 25.7 Å². The summed E-state index contributed by atoms with van der Waals surface area (Å²) in [6, 6.07) is 0. The molecule has 3 nitrogen and oxygen atoms in total. The van der Waals surface area contributed by atoms with E-state index in [1.807, 2.05) is 0 Å². The first-order valence-corrected chi connectivity index (χ1v) is 8.62. The van der Waals surface area contributed by atoms with Gasteiger partial charge in [-0.1, -0.05) is 39.5 Å². The molecule has 3 atom stereocenters. The molecule has 1 fully saturated rings. The average molecular weight is 282 g/mol. The molecule has 3 heteroatoms. The third kappa shape index (κ3) is 7.28. The molecule has 1 aliphatic rings. The number of carbonyl (C=O) groups is 1. The van der Waals surface area contributed by atoms with Crippen LogP contribution in [0.5, 0.6) is 0 Å². The quantitative estimate of drug-likeness (QED) is 0.680. The highest BCUT2D eigenvalue weighted by molar-refractivity contribution is 5.75. The van der Waals surface area contributed by atoms with Crippen LogP contribution in [-0.4, -0.2) is 19.0 Å². The Balaban J connectivity index is 2.07. The number of rotatable bonds is 9. The molecule has 1 rings (SSSR count). The maximum atomic E-state index is 11.8. The molecule has 3 unspecified atom stereocenters. The van der Waals surface area contributed by atoms with Crippen LogP contribution in [0.4, 0.5) is 0 Å². The lowest BCUT2D eigenvalue weighted by molar-refractivity contribution is -0.121. The predicted molar refractivity (Wildman–Crippen MR) is 85.4 cm³/mol.